The number of nitrogens with zero attached hydrogens (tertiary/aromatic N) is 3. The summed E-state index contributed by atoms with van der Waals surface area (Å²) in [5.41, 5.74) is 0. The summed E-state index contributed by atoms with van der Waals surface area (Å²) in [7, 11) is 0. The molecular formula is C10H15N3O. The van der Waals surface area contributed by atoms with Gasteiger partial charge in [0, 0.05) is 25.2 Å². The number of hydrogen-bond donors (Lipinski definition) is 1. The molecule has 0 aliphatic carbocycles. The first-order valence-corrected chi connectivity index (χ1v) is 4.93. The van der Waals surface area contributed by atoms with E-state index in [1.807, 2.05) is 6.07 Å². The van der Waals surface area contributed by atoms with E-state index < -0.39 is 0 Å². The zero-order valence-electron chi connectivity index (χ0n) is 8.51. The number of hydrogen-bond acceptors (Lipinski definition) is 4. The molecule has 2 rings (SSSR count). The van der Waals surface area contributed by atoms with Crippen LogP contribution in [0, 0.1) is 0 Å². The number of aliphatic hydroxyl groups excluding tert-OH is 1. The van der Waals surface area contributed by atoms with E-state index in [1.165, 1.54) is 0 Å². The summed E-state index contributed by atoms with van der Waals surface area (Å²) in [5.74, 6) is 2.14. The number of aromatic nitrogens is 2. The van der Waals surface area contributed by atoms with E-state index in [4.69, 9.17) is 0 Å². The van der Waals surface area contributed by atoms with Crippen molar-refractivity contribution in [2.75, 3.05) is 18.0 Å². The highest BCUT2D eigenvalue weighted by atomic mass is 16.3. The Kier molecular flexibility index (Phi) is 2.37. The fraction of sp³-hybridized carbons (Fsp3) is 0.600. The fourth-order valence-corrected chi connectivity index (χ4v) is 1.46. The molecule has 0 aromatic carbocycles. The van der Waals surface area contributed by atoms with Gasteiger partial charge >= 0.3 is 0 Å². The van der Waals surface area contributed by atoms with Gasteiger partial charge in [0.05, 0.1) is 6.10 Å². The van der Waals surface area contributed by atoms with Crippen LogP contribution in [0.25, 0.3) is 0 Å². The minimum absolute atomic E-state index is 0.188. The average molecular weight is 193 g/mol. The first-order chi connectivity index (χ1) is 6.66. The van der Waals surface area contributed by atoms with E-state index in [2.05, 4.69) is 28.7 Å². The zero-order chi connectivity index (χ0) is 10.1. The van der Waals surface area contributed by atoms with E-state index in [0.29, 0.717) is 19.0 Å². The summed E-state index contributed by atoms with van der Waals surface area (Å²) in [6, 6.07) is 1.89. The molecule has 0 bridgehead atoms. The lowest BCUT2D eigenvalue weighted by Crippen LogP contribution is -2.51. The molecule has 4 nitrogen and oxygen atoms in total. The van der Waals surface area contributed by atoms with Crippen molar-refractivity contribution in [2.24, 2.45) is 0 Å². The lowest BCUT2D eigenvalue weighted by atomic mass is 10.1. The number of rotatable bonds is 2. The Morgan fingerprint density at radius 2 is 2.21 bits per heavy atom. The Morgan fingerprint density at radius 1 is 1.50 bits per heavy atom. The van der Waals surface area contributed by atoms with Gasteiger partial charge in [-0.3, -0.25) is 0 Å². The van der Waals surface area contributed by atoms with Gasteiger partial charge in [0.25, 0.3) is 0 Å². The van der Waals surface area contributed by atoms with Gasteiger partial charge < -0.3 is 10.0 Å². The minimum Gasteiger partial charge on any atom is -0.389 e. The van der Waals surface area contributed by atoms with Crippen molar-refractivity contribution >= 4 is 5.82 Å². The van der Waals surface area contributed by atoms with Crippen LogP contribution < -0.4 is 4.90 Å². The summed E-state index contributed by atoms with van der Waals surface area (Å²) >= 11 is 0. The molecule has 1 N–H and O–H groups in total. The van der Waals surface area contributed by atoms with Gasteiger partial charge in [-0.15, -0.1) is 0 Å². The molecule has 1 aromatic rings. The van der Waals surface area contributed by atoms with Gasteiger partial charge in [0.1, 0.15) is 11.6 Å². The van der Waals surface area contributed by atoms with Gasteiger partial charge in [-0.25, -0.2) is 9.97 Å². The van der Waals surface area contributed by atoms with Crippen molar-refractivity contribution in [3.8, 4) is 0 Å². The molecule has 0 atom stereocenters. The second-order valence-electron chi connectivity index (χ2n) is 3.99. The summed E-state index contributed by atoms with van der Waals surface area (Å²) in [4.78, 5) is 10.7. The van der Waals surface area contributed by atoms with E-state index in [-0.39, 0.29) is 6.10 Å². The van der Waals surface area contributed by atoms with Crippen molar-refractivity contribution in [1.82, 2.24) is 9.97 Å². The Balaban J connectivity index is 2.14. The molecule has 1 saturated heterocycles. The lowest BCUT2D eigenvalue weighted by Gasteiger charge is -2.36. The standard InChI is InChI=1S/C10H15N3O/c1-7(2)10-11-4-3-9(12-10)13-5-8(14)6-13/h3-4,7-8,14H,5-6H2,1-2H3. The Labute approximate surface area is 83.6 Å². The first kappa shape index (κ1) is 9.40. The molecule has 2 heterocycles. The van der Waals surface area contributed by atoms with Gasteiger partial charge in [-0.05, 0) is 6.07 Å². The molecule has 0 spiro atoms. The van der Waals surface area contributed by atoms with Crippen LogP contribution in [0.1, 0.15) is 25.6 Å². The van der Waals surface area contributed by atoms with Gasteiger partial charge in [-0.2, -0.15) is 0 Å². The predicted octanol–water partition coefficient (Wildman–Crippen LogP) is 0.781. The second kappa shape index (κ2) is 3.53. The van der Waals surface area contributed by atoms with E-state index in [0.717, 1.165) is 11.6 Å². The zero-order valence-corrected chi connectivity index (χ0v) is 8.51. The third-order valence-corrected chi connectivity index (χ3v) is 2.36. The average Bonchev–Trinajstić information content (AvgIpc) is 2.13. The highest BCUT2D eigenvalue weighted by molar-refractivity contribution is 5.41. The Hall–Kier alpha value is -1.16. The summed E-state index contributed by atoms with van der Waals surface area (Å²) in [5, 5.41) is 9.17. The molecule has 1 aliphatic heterocycles. The van der Waals surface area contributed by atoms with Crippen molar-refractivity contribution < 1.29 is 5.11 Å². The SMILES string of the molecule is CC(C)c1nccc(N2CC(O)C2)n1. The topological polar surface area (TPSA) is 49.2 Å². The van der Waals surface area contributed by atoms with E-state index in [1.54, 1.807) is 6.20 Å². The number of aliphatic hydroxyl groups is 1. The van der Waals surface area contributed by atoms with Gasteiger partial charge in [0.15, 0.2) is 0 Å². The molecule has 0 saturated carbocycles. The molecule has 0 unspecified atom stereocenters. The van der Waals surface area contributed by atoms with Gasteiger partial charge in [-0.1, -0.05) is 13.8 Å². The van der Waals surface area contributed by atoms with Crippen LogP contribution in [-0.4, -0.2) is 34.3 Å². The molecule has 0 amide bonds. The van der Waals surface area contributed by atoms with Crippen molar-refractivity contribution in [3.05, 3.63) is 18.1 Å². The van der Waals surface area contributed by atoms with Crippen LogP contribution in [0.4, 0.5) is 5.82 Å². The molecule has 0 radical (unpaired) electrons. The monoisotopic (exact) mass is 193 g/mol. The van der Waals surface area contributed by atoms with Crippen LogP contribution in [-0.2, 0) is 0 Å². The quantitative estimate of drug-likeness (QED) is 0.754. The van der Waals surface area contributed by atoms with Crippen molar-refractivity contribution in [3.63, 3.8) is 0 Å². The maximum absolute atomic E-state index is 9.17. The Bertz CT molecular complexity index is 321. The summed E-state index contributed by atoms with van der Waals surface area (Å²) in [6.45, 7) is 5.53. The molecule has 1 fully saturated rings. The van der Waals surface area contributed by atoms with Crippen molar-refractivity contribution in [1.29, 1.82) is 0 Å². The molecule has 1 aliphatic rings. The fourth-order valence-electron chi connectivity index (χ4n) is 1.46. The number of β-amino-alcohol motifs (C(OH)–C–C–N with tert-alkyl or cyclic N) is 1. The van der Waals surface area contributed by atoms with Crippen LogP contribution in [0.2, 0.25) is 0 Å². The third-order valence-electron chi connectivity index (χ3n) is 2.36. The smallest absolute Gasteiger partial charge is 0.133 e. The number of anilines is 1. The molecule has 14 heavy (non-hydrogen) atoms. The Morgan fingerprint density at radius 3 is 2.79 bits per heavy atom. The largest absolute Gasteiger partial charge is 0.389 e. The summed E-state index contributed by atoms with van der Waals surface area (Å²) in [6.07, 6.45) is 1.59. The summed E-state index contributed by atoms with van der Waals surface area (Å²) < 4.78 is 0. The maximum Gasteiger partial charge on any atom is 0.133 e. The molecule has 76 valence electrons. The minimum atomic E-state index is -0.188. The lowest BCUT2D eigenvalue weighted by molar-refractivity contribution is 0.141. The first-order valence-electron chi connectivity index (χ1n) is 4.93. The van der Waals surface area contributed by atoms with E-state index in [9.17, 15) is 5.11 Å². The van der Waals surface area contributed by atoms with Gasteiger partial charge in [0.2, 0.25) is 0 Å². The van der Waals surface area contributed by atoms with Crippen LogP contribution in [0.3, 0.4) is 0 Å². The molecule has 4 heteroatoms. The third kappa shape index (κ3) is 1.70. The highest BCUT2D eigenvalue weighted by Crippen LogP contribution is 2.19. The molecule has 1 aromatic heterocycles. The van der Waals surface area contributed by atoms with Crippen LogP contribution in [0.5, 0.6) is 0 Å². The normalized spacial score (nSPS) is 17.3. The predicted molar refractivity (Wildman–Crippen MR) is 54.3 cm³/mol. The van der Waals surface area contributed by atoms with Crippen LogP contribution >= 0.6 is 0 Å². The molecular weight excluding hydrogens is 178 g/mol. The highest BCUT2D eigenvalue weighted by Gasteiger charge is 2.25. The van der Waals surface area contributed by atoms with Crippen LogP contribution in [0.15, 0.2) is 12.3 Å². The van der Waals surface area contributed by atoms with E-state index >= 15 is 0 Å². The maximum atomic E-state index is 9.17. The van der Waals surface area contributed by atoms with Crippen molar-refractivity contribution in [2.45, 2.75) is 25.9 Å². The second-order valence-corrected chi connectivity index (χ2v) is 3.99.